The fourth-order valence-corrected chi connectivity index (χ4v) is 2.24. The molecule has 0 aliphatic heterocycles. The lowest BCUT2D eigenvalue weighted by Gasteiger charge is -2.17. The fraction of sp³-hybridized carbons (Fsp3) is 0.188. The van der Waals surface area contributed by atoms with Gasteiger partial charge in [0.15, 0.2) is 11.6 Å². The average molecular weight is 326 g/mol. The second kappa shape index (κ2) is 7.33. The molecule has 0 radical (unpaired) electrons. The van der Waals surface area contributed by atoms with Crippen LogP contribution in [0.2, 0.25) is 5.02 Å². The Hall–Kier alpha value is -1.98. The van der Waals surface area contributed by atoms with Crippen LogP contribution >= 0.6 is 11.6 Å². The number of hydrogen-bond donors (Lipinski definition) is 1. The van der Waals surface area contributed by atoms with Crippen molar-refractivity contribution in [2.45, 2.75) is 6.10 Å². The molecule has 3 nitrogen and oxygen atoms in total. The van der Waals surface area contributed by atoms with Crippen molar-refractivity contribution >= 4 is 17.5 Å². The summed E-state index contributed by atoms with van der Waals surface area (Å²) in [6.45, 7) is 0.151. The van der Waals surface area contributed by atoms with Crippen LogP contribution < -0.4 is 5.32 Å². The van der Waals surface area contributed by atoms with Crippen LogP contribution in [0, 0.1) is 11.6 Å². The first kappa shape index (κ1) is 16.4. The largest absolute Gasteiger partial charge is 0.375 e. The summed E-state index contributed by atoms with van der Waals surface area (Å²) < 4.78 is 31.3. The van der Waals surface area contributed by atoms with Gasteiger partial charge in [-0.1, -0.05) is 29.8 Å². The molecule has 0 aliphatic rings. The van der Waals surface area contributed by atoms with E-state index < -0.39 is 23.6 Å². The van der Waals surface area contributed by atoms with Crippen molar-refractivity contribution < 1.29 is 18.3 Å². The Morgan fingerprint density at radius 2 is 1.95 bits per heavy atom. The first-order chi connectivity index (χ1) is 10.5. The molecule has 0 heterocycles. The quantitative estimate of drug-likeness (QED) is 0.909. The van der Waals surface area contributed by atoms with Crippen molar-refractivity contribution in [3.8, 4) is 0 Å². The number of halogens is 3. The molecule has 2 rings (SSSR count). The van der Waals surface area contributed by atoms with Gasteiger partial charge in [-0.3, -0.25) is 4.79 Å². The molecule has 0 aliphatic carbocycles. The molecule has 0 bridgehead atoms. The van der Waals surface area contributed by atoms with E-state index in [2.05, 4.69) is 5.32 Å². The van der Waals surface area contributed by atoms with Crippen LogP contribution in [-0.4, -0.2) is 19.6 Å². The van der Waals surface area contributed by atoms with Crippen molar-refractivity contribution in [2.24, 2.45) is 0 Å². The van der Waals surface area contributed by atoms with Crippen LogP contribution in [-0.2, 0) is 4.74 Å². The lowest BCUT2D eigenvalue weighted by atomic mass is 10.1. The van der Waals surface area contributed by atoms with Gasteiger partial charge in [-0.15, -0.1) is 0 Å². The van der Waals surface area contributed by atoms with E-state index in [-0.39, 0.29) is 12.1 Å². The molecule has 2 aromatic rings. The van der Waals surface area contributed by atoms with Crippen LogP contribution in [0.4, 0.5) is 8.78 Å². The van der Waals surface area contributed by atoms with E-state index in [0.29, 0.717) is 5.02 Å². The summed E-state index contributed by atoms with van der Waals surface area (Å²) in [4.78, 5) is 12.0. The Balaban J connectivity index is 2.05. The molecule has 1 N–H and O–H groups in total. The lowest BCUT2D eigenvalue weighted by Crippen LogP contribution is -2.29. The minimum absolute atomic E-state index is 0.0351. The van der Waals surface area contributed by atoms with Gasteiger partial charge in [0.25, 0.3) is 5.91 Å². The van der Waals surface area contributed by atoms with Crippen LogP contribution in [0.5, 0.6) is 0 Å². The second-order valence-electron chi connectivity index (χ2n) is 4.58. The van der Waals surface area contributed by atoms with Crippen LogP contribution in [0.3, 0.4) is 0 Å². The van der Waals surface area contributed by atoms with Crippen molar-refractivity contribution in [1.82, 2.24) is 5.32 Å². The molecule has 0 aromatic heterocycles. The zero-order valence-electron chi connectivity index (χ0n) is 11.8. The maximum absolute atomic E-state index is 13.1. The van der Waals surface area contributed by atoms with Crippen molar-refractivity contribution in [3.05, 3.63) is 70.2 Å². The van der Waals surface area contributed by atoms with E-state index in [0.717, 1.165) is 17.7 Å². The van der Waals surface area contributed by atoms with E-state index in [1.807, 2.05) is 6.07 Å². The van der Waals surface area contributed by atoms with Gasteiger partial charge >= 0.3 is 0 Å². The van der Waals surface area contributed by atoms with E-state index >= 15 is 0 Å². The van der Waals surface area contributed by atoms with Gasteiger partial charge in [0.1, 0.15) is 6.10 Å². The fourth-order valence-electron chi connectivity index (χ4n) is 1.98. The van der Waals surface area contributed by atoms with Gasteiger partial charge in [0.2, 0.25) is 0 Å². The zero-order valence-corrected chi connectivity index (χ0v) is 12.5. The van der Waals surface area contributed by atoms with Crippen LogP contribution in [0.1, 0.15) is 22.0 Å². The highest BCUT2D eigenvalue weighted by atomic mass is 35.5. The molecular formula is C16H14ClF2NO2. The molecule has 2 aromatic carbocycles. The maximum atomic E-state index is 13.1. The van der Waals surface area contributed by atoms with Gasteiger partial charge in [0, 0.05) is 29.8 Å². The summed E-state index contributed by atoms with van der Waals surface area (Å²) in [5, 5.41) is 3.14. The van der Waals surface area contributed by atoms with Crippen LogP contribution in [0.25, 0.3) is 0 Å². The van der Waals surface area contributed by atoms with E-state index in [1.54, 1.807) is 18.2 Å². The highest BCUT2D eigenvalue weighted by Crippen LogP contribution is 2.24. The smallest absolute Gasteiger partial charge is 0.251 e. The molecule has 6 heteroatoms. The zero-order chi connectivity index (χ0) is 16.1. The Morgan fingerprint density at radius 1 is 1.23 bits per heavy atom. The summed E-state index contributed by atoms with van der Waals surface area (Å²) >= 11 is 6.08. The van der Waals surface area contributed by atoms with E-state index in [1.165, 1.54) is 13.2 Å². The summed E-state index contributed by atoms with van der Waals surface area (Å²) in [7, 11) is 1.50. The number of amides is 1. The van der Waals surface area contributed by atoms with E-state index in [4.69, 9.17) is 16.3 Å². The highest BCUT2D eigenvalue weighted by Gasteiger charge is 2.16. The lowest BCUT2D eigenvalue weighted by molar-refractivity contribution is 0.0827. The minimum Gasteiger partial charge on any atom is -0.375 e. The minimum atomic E-state index is -1.07. The number of carbonyl (C=O) groups is 1. The second-order valence-corrected chi connectivity index (χ2v) is 4.99. The number of hydrogen-bond acceptors (Lipinski definition) is 2. The van der Waals surface area contributed by atoms with Gasteiger partial charge < -0.3 is 10.1 Å². The Bertz CT molecular complexity index is 679. The number of benzene rings is 2. The number of methoxy groups -OCH3 is 1. The highest BCUT2D eigenvalue weighted by molar-refractivity contribution is 6.31. The van der Waals surface area contributed by atoms with Gasteiger partial charge in [-0.25, -0.2) is 8.78 Å². The van der Waals surface area contributed by atoms with Gasteiger partial charge in [-0.2, -0.15) is 0 Å². The third-order valence-electron chi connectivity index (χ3n) is 3.17. The summed E-state index contributed by atoms with van der Waals surface area (Å²) in [6.07, 6.45) is -0.442. The summed E-state index contributed by atoms with van der Waals surface area (Å²) in [5.74, 6) is -2.59. The molecule has 0 spiro atoms. The van der Waals surface area contributed by atoms with Crippen molar-refractivity contribution in [1.29, 1.82) is 0 Å². The summed E-state index contributed by atoms with van der Waals surface area (Å²) in [6, 6.07) is 10.1. The Morgan fingerprint density at radius 3 is 2.59 bits per heavy atom. The number of nitrogens with one attached hydrogen (secondary N) is 1. The predicted molar refractivity (Wildman–Crippen MR) is 79.9 cm³/mol. The molecule has 0 saturated carbocycles. The molecule has 116 valence electrons. The third kappa shape index (κ3) is 3.81. The molecule has 1 amide bonds. The normalized spacial score (nSPS) is 12.0. The third-order valence-corrected chi connectivity index (χ3v) is 3.51. The monoisotopic (exact) mass is 325 g/mol. The Labute approximate surface area is 131 Å². The average Bonchev–Trinajstić information content (AvgIpc) is 2.52. The van der Waals surface area contributed by atoms with Gasteiger partial charge in [-0.05, 0) is 24.3 Å². The molecule has 1 unspecified atom stereocenters. The van der Waals surface area contributed by atoms with Gasteiger partial charge in [0.05, 0.1) is 0 Å². The maximum Gasteiger partial charge on any atom is 0.251 e. The number of ether oxygens (including phenoxy) is 1. The first-order valence-corrected chi connectivity index (χ1v) is 6.91. The molecule has 1 atom stereocenters. The summed E-state index contributed by atoms with van der Waals surface area (Å²) in [5.41, 5.74) is 0.769. The SMILES string of the molecule is COC(CNC(=O)c1ccc(F)c(F)c1)c1ccccc1Cl. The standard InChI is InChI=1S/C16H14ClF2NO2/c1-22-15(11-4-2-3-5-12(11)17)9-20-16(21)10-6-7-13(18)14(19)8-10/h2-8,15H,9H2,1H3,(H,20,21). The molecule has 22 heavy (non-hydrogen) atoms. The van der Waals surface area contributed by atoms with Crippen molar-refractivity contribution in [3.63, 3.8) is 0 Å². The Kier molecular flexibility index (Phi) is 5.46. The van der Waals surface area contributed by atoms with E-state index in [9.17, 15) is 13.6 Å². The first-order valence-electron chi connectivity index (χ1n) is 6.53. The molecule has 0 fully saturated rings. The topological polar surface area (TPSA) is 38.3 Å². The van der Waals surface area contributed by atoms with Crippen LogP contribution in [0.15, 0.2) is 42.5 Å². The number of rotatable bonds is 5. The molecular weight excluding hydrogens is 312 g/mol. The molecule has 0 saturated heterocycles. The van der Waals surface area contributed by atoms with Crippen molar-refractivity contribution in [2.75, 3.05) is 13.7 Å². The number of carbonyl (C=O) groups excluding carboxylic acids is 1. The predicted octanol–water partition coefficient (Wildman–Crippen LogP) is 3.74.